The van der Waals surface area contributed by atoms with E-state index in [2.05, 4.69) is 54.7 Å². The Hall–Kier alpha value is -1.80. The first-order valence-corrected chi connectivity index (χ1v) is 13.8. The standard InChI is InChI=1S/C28H45N3O4S/c1-10-14-29(9)22(33)19-20-23(34)30(16-17-32)21(28(20)13-12-27(19,8)36-28)24(35)31(15-11-2)26(6,7)18-25(3,4)5/h10-11,19-21,32H,1-2,12-18H2,3-9H3/t19-,20+,21?,27+,28?/m1/s1. The van der Waals surface area contributed by atoms with Crippen LogP contribution in [0.3, 0.4) is 0 Å². The third-order valence-corrected chi connectivity index (χ3v) is 10.2. The van der Waals surface area contributed by atoms with Crippen LogP contribution in [0.15, 0.2) is 25.3 Å². The second-order valence-corrected chi connectivity index (χ2v) is 14.7. The zero-order valence-electron chi connectivity index (χ0n) is 23.2. The molecule has 2 bridgehead atoms. The molecular weight excluding hydrogens is 474 g/mol. The van der Waals surface area contributed by atoms with Gasteiger partial charge in [-0.3, -0.25) is 14.4 Å². The van der Waals surface area contributed by atoms with E-state index in [9.17, 15) is 19.5 Å². The van der Waals surface area contributed by atoms with Crippen LogP contribution >= 0.6 is 11.8 Å². The third-order valence-electron chi connectivity index (χ3n) is 8.17. The fourth-order valence-corrected chi connectivity index (χ4v) is 9.60. The van der Waals surface area contributed by atoms with Crippen molar-refractivity contribution in [3.05, 3.63) is 25.3 Å². The predicted molar refractivity (Wildman–Crippen MR) is 145 cm³/mol. The van der Waals surface area contributed by atoms with Crippen molar-refractivity contribution in [2.45, 2.75) is 81.9 Å². The van der Waals surface area contributed by atoms with Gasteiger partial charge in [0.05, 0.1) is 23.2 Å². The molecule has 3 saturated heterocycles. The van der Waals surface area contributed by atoms with E-state index in [4.69, 9.17) is 0 Å². The van der Waals surface area contributed by atoms with Crippen molar-refractivity contribution < 1.29 is 19.5 Å². The number of likely N-dealkylation sites (N-methyl/N-ethyl adjacent to an activating group) is 1. The predicted octanol–water partition coefficient (Wildman–Crippen LogP) is 3.33. The summed E-state index contributed by atoms with van der Waals surface area (Å²) in [6.45, 7) is 21.0. The number of rotatable bonds is 10. The molecule has 3 heterocycles. The van der Waals surface area contributed by atoms with Crippen LogP contribution in [-0.4, -0.2) is 91.9 Å². The van der Waals surface area contributed by atoms with Gasteiger partial charge in [-0.05, 0) is 45.4 Å². The van der Waals surface area contributed by atoms with Gasteiger partial charge in [0.1, 0.15) is 6.04 Å². The minimum Gasteiger partial charge on any atom is -0.395 e. The average Bonchev–Trinajstić information content (AvgIpc) is 3.31. The topological polar surface area (TPSA) is 81.2 Å². The van der Waals surface area contributed by atoms with Crippen molar-refractivity contribution in [2.75, 3.05) is 33.3 Å². The van der Waals surface area contributed by atoms with Gasteiger partial charge in [-0.2, -0.15) is 0 Å². The van der Waals surface area contributed by atoms with Crippen LogP contribution in [0.4, 0.5) is 0 Å². The molecule has 8 heteroatoms. The smallest absolute Gasteiger partial charge is 0.247 e. The lowest BCUT2D eigenvalue weighted by atomic mass is 9.66. The summed E-state index contributed by atoms with van der Waals surface area (Å²) in [6, 6.07) is -0.726. The van der Waals surface area contributed by atoms with Crippen molar-refractivity contribution >= 4 is 29.5 Å². The van der Waals surface area contributed by atoms with Crippen LogP contribution in [0, 0.1) is 17.3 Å². The number of likely N-dealkylation sites (tertiary alicyclic amines) is 1. The van der Waals surface area contributed by atoms with Crippen LogP contribution in [0.25, 0.3) is 0 Å². The average molecular weight is 520 g/mol. The molecule has 3 rings (SSSR count). The molecule has 1 N–H and O–H groups in total. The number of fused-ring (bicyclic) bond motifs is 1. The quantitative estimate of drug-likeness (QED) is 0.448. The lowest BCUT2D eigenvalue weighted by Gasteiger charge is -2.46. The van der Waals surface area contributed by atoms with Crippen molar-refractivity contribution in [3.63, 3.8) is 0 Å². The molecule has 2 unspecified atom stereocenters. The number of hydrogen-bond donors (Lipinski definition) is 1. The first-order valence-electron chi connectivity index (χ1n) is 13.0. The molecule has 3 amide bonds. The number of hydrogen-bond acceptors (Lipinski definition) is 5. The molecule has 7 nitrogen and oxygen atoms in total. The maximum atomic E-state index is 14.5. The number of β-amino-alcohol motifs (C(OH)–C–C–N with tert-alkyl or cyclic N) is 1. The Morgan fingerprint density at radius 1 is 1.14 bits per heavy atom. The van der Waals surface area contributed by atoms with Gasteiger partial charge in [0.2, 0.25) is 17.7 Å². The Kier molecular flexibility index (Phi) is 7.85. The van der Waals surface area contributed by atoms with Gasteiger partial charge in [0, 0.05) is 37.0 Å². The molecular formula is C28H45N3O4S. The Morgan fingerprint density at radius 3 is 2.28 bits per heavy atom. The first-order chi connectivity index (χ1) is 16.6. The van der Waals surface area contributed by atoms with E-state index in [0.717, 1.165) is 12.8 Å². The fourth-order valence-electron chi connectivity index (χ4n) is 7.26. The Labute approximate surface area is 221 Å². The molecule has 1 spiro atoms. The van der Waals surface area contributed by atoms with Crippen molar-refractivity contribution in [2.24, 2.45) is 17.3 Å². The summed E-state index contributed by atoms with van der Waals surface area (Å²) < 4.78 is -1.11. The molecule has 3 aliphatic heterocycles. The highest BCUT2D eigenvalue weighted by Gasteiger charge is 2.77. The maximum Gasteiger partial charge on any atom is 0.247 e. The van der Waals surface area contributed by atoms with E-state index in [1.54, 1.807) is 40.8 Å². The van der Waals surface area contributed by atoms with Crippen LogP contribution in [0.5, 0.6) is 0 Å². The molecule has 202 valence electrons. The van der Waals surface area contributed by atoms with E-state index < -0.39 is 32.9 Å². The van der Waals surface area contributed by atoms with Gasteiger partial charge in [0.25, 0.3) is 0 Å². The van der Waals surface area contributed by atoms with Gasteiger partial charge in [0.15, 0.2) is 0 Å². The lowest BCUT2D eigenvalue weighted by Crippen LogP contribution is -2.60. The molecule has 0 aromatic heterocycles. The highest BCUT2D eigenvalue weighted by atomic mass is 32.2. The van der Waals surface area contributed by atoms with E-state index >= 15 is 0 Å². The molecule has 3 fully saturated rings. The van der Waals surface area contributed by atoms with Crippen LogP contribution in [-0.2, 0) is 14.4 Å². The van der Waals surface area contributed by atoms with Gasteiger partial charge in [-0.1, -0.05) is 32.9 Å². The number of carbonyl (C=O) groups excluding carboxylic acids is 3. The summed E-state index contributed by atoms with van der Waals surface area (Å²) in [7, 11) is 1.74. The largest absolute Gasteiger partial charge is 0.395 e. The van der Waals surface area contributed by atoms with Crippen molar-refractivity contribution in [3.8, 4) is 0 Å². The first kappa shape index (κ1) is 28.8. The molecule has 0 aromatic rings. The summed E-state index contributed by atoms with van der Waals surface area (Å²) in [4.78, 5) is 47.2. The van der Waals surface area contributed by atoms with Gasteiger partial charge in [-0.25, -0.2) is 0 Å². The van der Waals surface area contributed by atoms with Gasteiger partial charge >= 0.3 is 0 Å². The minimum atomic E-state index is -0.726. The van der Waals surface area contributed by atoms with Crippen molar-refractivity contribution in [1.82, 2.24) is 14.7 Å². The molecule has 0 aromatic carbocycles. The number of aliphatic hydroxyl groups is 1. The van der Waals surface area contributed by atoms with Gasteiger partial charge in [-0.15, -0.1) is 24.9 Å². The van der Waals surface area contributed by atoms with Crippen LogP contribution < -0.4 is 0 Å². The second kappa shape index (κ2) is 9.82. The third kappa shape index (κ3) is 4.64. The lowest BCUT2D eigenvalue weighted by molar-refractivity contribution is -0.147. The summed E-state index contributed by atoms with van der Waals surface area (Å²) in [6.07, 6.45) is 5.65. The molecule has 0 saturated carbocycles. The van der Waals surface area contributed by atoms with E-state index in [0.29, 0.717) is 19.5 Å². The summed E-state index contributed by atoms with van der Waals surface area (Å²) in [5, 5.41) is 9.88. The van der Waals surface area contributed by atoms with Crippen molar-refractivity contribution in [1.29, 1.82) is 0 Å². The maximum absolute atomic E-state index is 14.5. The minimum absolute atomic E-state index is 0.0123. The Balaban J connectivity index is 2.09. The Bertz CT molecular complexity index is 928. The monoisotopic (exact) mass is 519 g/mol. The normalized spacial score (nSPS) is 31.4. The number of carbonyl (C=O) groups is 3. The highest BCUT2D eigenvalue weighted by molar-refractivity contribution is 8.02. The number of aliphatic hydroxyl groups excluding tert-OH is 1. The van der Waals surface area contributed by atoms with E-state index in [-0.39, 0.29) is 36.3 Å². The van der Waals surface area contributed by atoms with E-state index in [1.165, 1.54) is 0 Å². The second-order valence-electron chi connectivity index (χ2n) is 12.8. The molecule has 0 aliphatic carbocycles. The van der Waals surface area contributed by atoms with Crippen LogP contribution in [0.1, 0.15) is 60.8 Å². The highest BCUT2D eigenvalue weighted by Crippen LogP contribution is 2.71. The molecule has 36 heavy (non-hydrogen) atoms. The fraction of sp³-hybridized carbons (Fsp3) is 0.750. The zero-order valence-corrected chi connectivity index (χ0v) is 24.0. The summed E-state index contributed by atoms with van der Waals surface area (Å²) >= 11 is 1.66. The Morgan fingerprint density at radius 2 is 1.75 bits per heavy atom. The summed E-state index contributed by atoms with van der Waals surface area (Å²) in [5.74, 6) is -1.47. The molecule has 3 aliphatic rings. The molecule has 0 radical (unpaired) electrons. The SMILES string of the molecule is C=CCN(C)C(=O)[C@H]1[C@H]2C(=O)N(CCO)C(C(=O)N(CC=C)C(C)(C)CC(C)(C)C)C23CC[C@]1(C)S3. The summed E-state index contributed by atoms with van der Waals surface area (Å²) in [5.41, 5.74) is -0.488. The molecule has 5 atom stereocenters. The number of amides is 3. The van der Waals surface area contributed by atoms with E-state index in [1.807, 2.05) is 4.90 Å². The van der Waals surface area contributed by atoms with Gasteiger partial charge < -0.3 is 19.8 Å². The van der Waals surface area contributed by atoms with Crippen LogP contribution in [0.2, 0.25) is 0 Å². The number of thioether (sulfide) groups is 1. The zero-order chi connectivity index (χ0) is 27.3. The number of nitrogens with zero attached hydrogens (tertiary/aromatic N) is 3.